The van der Waals surface area contributed by atoms with Crippen molar-refractivity contribution < 1.29 is 9.59 Å². The molecule has 9 heteroatoms. The third kappa shape index (κ3) is 5.18. The number of benzene rings is 1. The van der Waals surface area contributed by atoms with Crippen LogP contribution in [-0.4, -0.2) is 33.8 Å². The maximum Gasteiger partial charge on any atom is 0.230 e. The zero-order chi connectivity index (χ0) is 18.5. The summed E-state index contributed by atoms with van der Waals surface area (Å²) in [5.41, 5.74) is 0.990. The summed E-state index contributed by atoms with van der Waals surface area (Å²) < 4.78 is 0.691. The van der Waals surface area contributed by atoms with E-state index in [-0.39, 0.29) is 23.6 Å². The first-order valence-electron chi connectivity index (χ1n) is 8.36. The van der Waals surface area contributed by atoms with Gasteiger partial charge in [0.25, 0.3) is 0 Å². The maximum absolute atomic E-state index is 12.1. The van der Waals surface area contributed by atoms with E-state index in [4.69, 9.17) is 11.6 Å². The van der Waals surface area contributed by atoms with Crippen LogP contribution in [0.4, 0.5) is 5.13 Å². The van der Waals surface area contributed by atoms with Crippen molar-refractivity contribution in [3.63, 3.8) is 0 Å². The summed E-state index contributed by atoms with van der Waals surface area (Å²) in [5.74, 6) is 0.249. The van der Waals surface area contributed by atoms with E-state index < -0.39 is 0 Å². The van der Waals surface area contributed by atoms with E-state index in [2.05, 4.69) is 15.5 Å². The Hall–Kier alpha value is -1.64. The summed E-state index contributed by atoms with van der Waals surface area (Å²) in [6.45, 7) is 2.30. The zero-order valence-corrected chi connectivity index (χ0v) is 16.7. The summed E-state index contributed by atoms with van der Waals surface area (Å²) in [6, 6.07) is 7.61. The first-order chi connectivity index (χ1) is 12.6. The van der Waals surface area contributed by atoms with Crippen molar-refractivity contribution in [1.29, 1.82) is 0 Å². The third-order valence-electron chi connectivity index (χ3n) is 3.81. The number of nitrogens with one attached hydrogen (secondary N) is 1. The van der Waals surface area contributed by atoms with Crippen molar-refractivity contribution in [3.05, 3.63) is 34.9 Å². The topological polar surface area (TPSA) is 75.2 Å². The van der Waals surface area contributed by atoms with Gasteiger partial charge in [0.1, 0.15) is 0 Å². The Morgan fingerprint density at radius 1 is 1.31 bits per heavy atom. The number of carbonyl (C=O) groups is 2. The van der Waals surface area contributed by atoms with Gasteiger partial charge in [-0.1, -0.05) is 53.8 Å². The van der Waals surface area contributed by atoms with Gasteiger partial charge in [0, 0.05) is 24.0 Å². The van der Waals surface area contributed by atoms with Crippen molar-refractivity contribution in [2.75, 3.05) is 10.7 Å². The number of hydrogen-bond acceptors (Lipinski definition) is 6. The average molecular weight is 411 g/mol. The van der Waals surface area contributed by atoms with Gasteiger partial charge < -0.3 is 5.32 Å². The van der Waals surface area contributed by atoms with Crippen LogP contribution < -0.4 is 10.2 Å². The monoisotopic (exact) mass is 410 g/mol. The van der Waals surface area contributed by atoms with E-state index >= 15 is 0 Å². The van der Waals surface area contributed by atoms with Crippen molar-refractivity contribution in [2.45, 2.75) is 43.1 Å². The van der Waals surface area contributed by atoms with Gasteiger partial charge in [-0.05, 0) is 30.5 Å². The molecule has 0 atom stereocenters. The quantitative estimate of drug-likeness (QED) is 0.532. The molecule has 1 aliphatic rings. The molecule has 0 spiro atoms. The standard InChI is InChI=1S/C17H19ClN4O2S2/c1-2-15(24)22(13-7-8-13)16-20-21-17(26-16)25-10-14(23)19-9-11-3-5-12(18)6-4-11/h3-6,13H,2,7-10H2,1H3,(H,19,23). The van der Waals surface area contributed by atoms with Gasteiger partial charge in [-0.15, -0.1) is 10.2 Å². The Bertz CT molecular complexity index is 777. The molecule has 1 fully saturated rings. The maximum atomic E-state index is 12.1. The fourth-order valence-corrected chi connectivity index (χ4v) is 4.19. The van der Waals surface area contributed by atoms with Crippen LogP contribution in [0, 0.1) is 0 Å². The van der Waals surface area contributed by atoms with Crippen molar-refractivity contribution in [1.82, 2.24) is 15.5 Å². The van der Waals surface area contributed by atoms with E-state index in [1.807, 2.05) is 19.1 Å². The van der Waals surface area contributed by atoms with Gasteiger partial charge in [0.05, 0.1) is 5.75 Å². The molecule has 2 amide bonds. The zero-order valence-electron chi connectivity index (χ0n) is 14.3. The Balaban J connectivity index is 1.48. The Morgan fingerprint density at radius 3 is 2.69 bits per heavy atom. The highest BCUT2D eigenvalue weighted by molar-refractivity contribution is 8.01. The van der Waals surface area contributed by atoms with Gasteiger partial charge in [-0.3, -0.25) is 14.5 Å². The normalized spacial score (nSPS) is 13.5. The number of aromatic nitrogens is 2. The fraction of sp³-hybridized carbons (Fsp3) is 0.412. The van der Waals surface area contributed by atoms with Crippen LogP contribution in [0.5, 0.6) is 0 Å². The lowest BCUT2D eigenvalue weighted by Crippen LogP contribution is -2.32. The van der Waals surface area contributed by atoms with Crippen molar-refractivity contribution in [2.24, 2.45) is 0 Å². The van der Waals surface area contributed by atoms with E-state index in [1.54, 1.807) is 17.0 Å². The smallest absolute Gasteiger partial charge is 0.230 e. The van der Waals surface area contributed by atoms with Gasteiger partial charge in [-0.25, -0.2) is 0 Å². The summed E-state index contributed by atoms with van der Waals surface area (Å²) in [7, 11) is 0. The number of rotatable bonds is 8. The molecule has 138 valence electrons. The van der Waals surface area contributed by atoms with Crippen LogP contribution in [0.15, 0.2) is 28.6 Å². The second-order valence-electron chi connectivity index (χ2n) is 5.89. The molecule has 0 unspecified atom stereocenters. The molecule has 3 rings (SSSR count). The third-order valence-corrected chi connectivity index (χ3v) is 6.12. The number of anilines is 1. The molecule has 0 radical (unpaired) electrons. The van der Waals surface area contributed by atoms with Crippen LogP contribution in [0.1, 0.15) is 31.7 Å². The Kier molecular flexibility index (Phi) is 6.50. The van der Waals surface area contributed by atoms with Crippen LogP contribution in [0.25, 0.3) is 0 Å². The Morgan fingerprint density at radius 2 is 2.04 bits per heavy atom. The van der Waals surface area contributed by atoms with E-state index in [1.165, 1.54) is 23.1 Å². The van der Waals surface area contributed by atoms with Crippen LogP contribution in [-0.2, 0) is 16.1 Å². The number of hydrogen-bond donors (Lipinski definition) is 1. The molecular weight excluding hydrogens is 392 g/mol. The molecule has 1 aromatic heterocycles. The van der Waals surface area contributed by atoms with Gasteiger partial charge in [0.2, 0.25) is 16.9 Å². The molecule has 0 saturated heterocycles. The second-order valence-corrected chi connectivity index (χ2v) is 8.51. The highest BCUT2D eigenvalue weighted by Crippen LogP contribution is 2.36. The van der Waals surface area contributed by atoms with Crippen LogP contribution in [0.3, 0.4) is 0 Å². The lowest BCUT2D eigenvalue weighted by Gasteiger charge is -2.17. The first-order valence-corrected chi connectivity index (χ1v) is 10.5. The summed E-state index contributed by atoms with van der Waals surface area (Å²) in [4.78, 5) is 25.9. The summed E-state index contributed by atoms with van der Waals surface area (Å²) in [5, 5.41) is 12.4. The minimum atomic E-state index is -0.0783. The minimum Gasteiger partial charge on any atom is -0.351 e. The summed E-state index contributed by atoms with van der Waals surface area (Å²) in [6.07, 6.45) is 2.48. The lowest BCUT2D eigenvalue weighted by atomic mass is 10.2. The predicted molar refractivity (Wildman–Crippen MR) is 105 cm³/mol. The minimum absolute atomic E-state index is 0.0703. The molecule has 26 heavy (non-hydrogen) atoms. The van der Waals surface area contributed by atoms with E-state index in [0.717, 1.165) is 18.4 Å². The Labute approximate surface area is 165 Å². The van der Waals surface area contributed by atoms with Crippen LogP contribution in [0.2, 0.25) is 5.02 Å². The molecule has 0 bridgehead atoms. The van der Waals surface area contributed by atoms with Gasteiger partial charge in [0.15, 0.2) is 4.34 Å². The van der Waals surface area contributed by atoms with E-state index in [9.17, 15) is 9.59 Å². The molecule has 1 aliphatic carbocycles. The van der Waals surface area contributed by atoms with Gasteiger partial charge in [-0.2, -0.15) is 0 Å². The molecule has 1 heterocycles. The average Bonchev–Trinajstić information content (AvgIpc) is 3.37. The van der Waals surface area contributed by atoms with Crippen LogP contribution >= 0.6 is 34.7 Å². The number of halogens is 1. The molecule has 6 nitrogen and oxygen atoms in total. The van der Waals surface area contributed by atoms with E-state index in [0.29, 0.717) is 27.5 Å². The summed E-state index contributed by atoms with van der Waals surface area (Å²) >= 11 is 8.53. The highest BCUT2D eigenvalue weighted by atomic mass is 35.5. The molecule has 1 N–H and O–H groups in total. The molecule has 2 aromatic rings. The second kappa shape index (κ2) is 8.83. The number of carbonyl (C=O) groups excluding carboxylic acids is 2. The highest BCUT2D eigenvalue weighted by Gasteiger charge is 2.35. The SMILES string of the molecule is CCC(=O)N(c1nnc(SCC(=O)NCc2ccc(Cl)cc2)s1)C1CC1. The lowest BCUT2D eigenvalue weighted by molar-refractivity contribution is -0.119. The first kappa shape index (κ1) is 19.1. The van der Waals surface area contributed by atoms with Gasteiger partial charge >= 0.3 is 0 Å². The molecular formula is C17H19ClN4O2S2. The van der Waals surface area contributed by atoms with Crippen molar-refractivity contribution in [3.8, 4) is 0 Å². The molecule has 0 aliphatic heterocycles. The fourth-order valence-electron chi connectivity index (χ4n) is 2.31. The largest absolute Gasteiger partial charge is 0.351 e. The molecule has 1 saturated carbocycles. The van der Waals surface area contributed by atoms with Crippen molar-refractivity contribution >= 4 is 51.6 Å². The number of amides is 2. The number of nitrogens with zero attached hydrogens (tertiary/aromatic N) is 3. The number of thioether (sulfide) groups is 1. The molecule has 1 aromatic carbocycles. The predicted octanol–water partition coefficient (Wildman–Crippen LogP) is 3.51.